The minimum absolute atomic E-state index is 0.0504. The molecular weight excluding hydrogens is 240 g/mol. The van der Waals surface area contributed by atoms with Gasteiger partial charge in [-0.2, -0.15) is 0 Å². The van der Waals surface area contributed by atoms with Crippen LogP contribution in [-0.2, 0) is 9.59 Å². The summed E-state index contributed by atoms with van der Waals surface area (Å²) in [5, 5.41) is 21.6. The van der Waals surface area contributed by atoms with Gasteiger partial charge in [-0.3, -0.25) is 4.79 Å². The predicted octanol–water partition coefficient (Wildman–Crippen LogP) is 0.983. The lowest BCUT2D eigenvalue weighted by atomic mass is 10.1. The summed E-state index contributed by atoms with van der Waals surface area (Å²) in [6.07, 6.45) is 0. The zero-order valence-corrected chi connectivity index (χ0v) is 10.5. The van der Waals surface area contributed by atoms with E-state index in [9.17, 15) is 9.59 Å². The molecule has 0 saturated carbocycles. The molecular formula is C11H16N2O5. The zero-order valence-electron chi connectivity index (χ0n) is 10.5. The number of aliphatic carboxylic acids is 2. The van der Waals surface area contributed by atoms with E-state index in [0.29, 0.717) is 11.6 Å². The lowest BCUT2D eigenvalue weighted by Gasteiger charge is -2.27. The number of carboxylic acids is 2. The average molecular weight is 256 g/mol. The highest BCUT2D eigenvalue weighted by molar-refractivity contribution is 5.78. The van der Waals surface area contributed by atoms with Crippen molar-refractivity contribution in [2.45, 2.75) is 26.8 Å². The minimum Gasteiger partial charge on any atom is -0.481 e. The maximum Gasteiger partial charge on any atom is 0.326 e. The Balaban J connectivity index is 2.95. The summed E-state index contributed by atoms with van der Waals surface area (Å²) in [7, 11) is 0. The van der Waals surface area contributed by atoms with Gasteiger partial charge in [0, 0.05) is 12.6 Å². The fourth-order valence-electron chi connectivity index (χ4n) is 1.45. The summed E-state index contributed by atoms with van der Waals surface area (Å²) in [5.74, 6) is -1.87. The summed E-state index contributed by atoms with van der Waals surface area (Å²) in [6, 6.07) is 0.699. The number of carbonyl (C=O) groups is 2. The second-order valence-corrected chi connectivity index (χ2v) is 4.20. The van der Waals surface area contributed by atoms with Crippen LogP contribution in [0.4, 0.5) is 5.82 Å². The molecule has 0 amide bonds. The quantitative estimate of drug-likeness (QED) is 0.781. The molecule has 0 aliphatic carbocycles. The molecule has 0 saturated heterocycles. The average Bonchev–Trinajstić information content (AvgIpc) is 2.70. The molecule has 7 heteroatoms. The van der Waals surface area contributed by atoms with Crippen molar-refractivity contribution in [3.63, 3.8) is 0 Å². The van der Waals surface area contributed by atoms with E-state index in [4.69, 9.17) is 14.7 Å². The first-order chi connectivity index (χ1) is 8.32. The van der Waals surface area contributed by atoms with Gasteiger partial charge < -0.3 is 19.6 Å². The first-order valence-electron chi connectivity index (χ1n) is 5.48. The number of aryl methyl sites for hydroxylation is 1. The molecule has 100 valence electrons. The highest BCUT2D eigenvalue weighted by Crippen LogP contribution is 2.18. The molecule has 7 nitrogen and oxygen atoms in total. The highest BCUT2D eigenvalue weighted by atomic mass is 16.5. The number of rotatable bonds is 6. The van der Waals surface area contributed by atoms with Gasteiger partial charge in [-0.05, 0) is 13.8 Å². The van der Waals surface area contributed by atoms with Gasteiger partial charge >= 0.3 is 11.9 Å². The van der Waals surface area contributed by atoms with Gasteiger partial charge in [0.15, 0.2) is 5.82 Å². The van der Waals surface area contributed by atoms with Gasteiger partial charge in [-0.15, -0.1) is 0 Å². The molecule has 1 heterocycles. The van der Waals surface area contributed by atoms with Crippen molar-refractivity contribution in [2.24, 2.45) is 5.92 Å². The van der Waals surface area contributed by atoms with Gasteiger partial charge in [0.05, 0.1) is 5.92 Å². The molecule has 1 aromatic heterocycles. The van der Waals surface area contributed by atoms with Crippen LogP contribution in [0.1, 0.15) is 19.6 Å². The molecule has 0 aromatic carbocycles. The Morgan fingerprint density at radius 3 is 2.39 bits per heavy atom. The molecule has 0 bridgehead atoms. The van der Waals surface area contributed by atoms with Crippen LogP contribution in [0.5, 0.6) is 0 Å². The lowest BCUT2D eigenvalue weighted by molar-refractivity contribution is -0.142. The molecule has 0 spiro atoms. The maximum atomic E-state index is 11.0. The molecule has 2 unspecified atom stereocenters. The molecule has 2 N–H and O–H groups in total. The van der Waals surface area contributed by atoms with Crippen LogP contribution in [0.2, 0.25) is 0 Å². The van der Waals surface area contributed by atoms with E-state index < -0.39 is 23.9 Å². The van der Waals surface area contributed by atoms with Crippen molar-refractivity contribution in [3.8, 4) is 0 Å². The van der Waals surface area contributed by atoms with Crippen LogP contribution >= 0.6 is 0 Å². The van der Waals surface area contributed by atoms with Gasteiger partial charge in [0.25, 0.3) is 0 Å². The highest BCUT2D eigenvalue weighted by Gasteiger charge is 2.27. The van der Waals surface area contributed by atoms with Crippen LogP contribution in [0.25, 0.3) is 0 Å². The topological polar surface area (TPSA) is 104 Å². The van der Waals surface area contributed by atoms with Crippen molar-refractivity contribution in [1.29, 1.82) is 0 Å². The molecule has 1 aromatic rings. The van der Waals surface area contributed by atoms with Crippen molar-refractivity contribution in [3.05, 3.63) is 11.8 Å². The summed E-state index contributed by atoms with van der Waals surface area (Å²) >= 11 is 0. The Hall–Kier alpha value is -2.05. The Kier molecular flexibility index (Phi) is 4.30. The van der Waals surface area contributed by atoms with Crippen LogP contribution in [0.15, 0.2) is 10.6 Å². The molecule has 0 fully saturated rings. The van der Waals surface area contributed by atoms with E-state index in [1.165, 1.54) is 18.7 Å². The molecule has 0 aliphatic heterocycles. The minimum atomic E-state index is -1.05. The number of carboxylic acid groups (broad SMARTS) is 2. The van der Waals surface area contributed by atoms with E-state index in [-0.39, 0.29) is 6.54 Å². The van der Waals surface area contributed by atoms with Crippen LogP contribution < -0.4 is 4.90 Å². The number of hydrogen-bond donors (Lipinski definition) is 2. The number of anilines is 1. The number of hydrogen-bond acceptors (Lipinski definition) is 5. The fraction of sp³-hybridized carbons (Fsp3) is 0.545. The first kappa shape index (κ1) is 14.0. The third-order valence-corrected chi connectivity index (χ3v) is 2.63. The summed E-state index contributed by atoms with van der Waals surface area (Å²) in [6.45, 7) is 4.72. The van der Waals surface area contributed by atoms with E-state index >= 15 is 0 Å². The lowest BCUT2D eigenvalue weighted by Crippen LogP contribution is -2.43. The smallest absolute Gasteiger partial charge is 0.326 e. The number of aromatic nitrogens is 1. The van der Waals surface area contributed by atoms with Gasteiger partial charge in [-0.1, -0.05) is 12.1 Å². The Bertz CT molecular complexity index is 442. The normalized spacial score (nSPS) is 13.9. The van der Waals surface area contributed by atoms with Gasteiger partial charge in [-0.25, -0.2) is 4.79 Å². The number of nitrogens with zero attached hydrogens (tertiary/aromatic N) is 2. The second-order valence-electron chi connectivity index (χ2n) is 4.20. The van der Waals surface area contributed by atoms with Crippen LogP contribution in [0, 0.1) is 12.8 Å². The van der Waals surface area contributed by atoms with Gasteiger partial charge in [0.1, 0.15) is 11.8 Å². The van der Waals surface area contributed by atoms with Gasteiger partial charge in [0.2, 0.25) is 0 Å². The summed E-state index contributed by atoms with van der Waals surface area (Å²) in [5.41, 5.74) is 0. The summed E-state index contributed by atoms with van der Waals surface area (Å²) < 4.78 is 4.89. The SMILES string of the molecule is Cc1cc(N(CC(C)C(=O)O)C(C)C(=O)O)no1. The van der Waals surface area contributed by atoms with E-state index in [2.05, 4.69) is 5.16 Å². The van der Waals surface area contributed by atoms with Crippen LogP contribution in [-0.4, -0.2) is 39.9 Å². The molecule has 1 rings (SSSR count). The third-order valence-electron chi connectivity index (χ3n) is 2.63. The second kappa shape index (κ2) is 5.52. The van der Waals surface area contributed by atoms with Crippen molar-refractivity contribution < 1.29 is 24.3 Å². The standard InChI is InChI=1S/C11H16N2O5/c1-6(10(14)15)5-13(8(3)11(16)17)9-4-7(2)18-12-9/h4,6,8H,5H2,1-3H3,(H,14,15)(H,16,17). The molecule has 0 radical (unpaired) electrons. The summed E-state index contributed by atoms with van der Waals surface area (Å²) in [4.78, 5) is 23.3. The Morgan fingerprint density at radius 1 is 1.39 bits per heavy atom. The largest absolute Gasteiger partial charge is 0.481 e. The van der Waals surface area contributed by atoms with Crippen LogP contribution in [0.3, 0.4) is 0 Å². The zero-order chi connectivity index (χ0) is 13.9. The fourth-order valence-corrected chi connectivity index (χ4v) is 1.45. The Labute approximate surface area is 104 Å². The van der Waals surface area contributed by atoms with E-state index in [1.54, 1.807) is 13.0 Å². The first-order valence-corrected chi connectivity index (χ1v) is 5.48. The monoisotopic (exact) mass is 256 g/mol. The third kappa shape index (κ3) is 3.22. The molecule has 0 aliphatic rings. The van der Waals surface area contributed by atoms with Crippen molar-refractivity contribution in [1.82, 2.24) is 5.16 Å². The Morgan fingerprint density at radius 2 is 2.00 bits per heavy atom. The van der Waals surface area contributed by atoms with Crippen molar-refractivity contribution in [2.75, 3.05) is 11.4 Å². The predicted molar refractivity (Wildman–Crippen MR) is 62.5 cm³/mol. The molecule has 2 atom stereocenters. The van der Waals surface area contributed by atoms with Crippen molar-refractivity contribution >= 4 is 17.8 Å². The molecule has 18 heavy (non-hydrogen) atoms. The maximum absolute atomic E-state index is 11.0. The van der Waals surface area contributed by atoms with E-state index in [0.717, 1.165) is 0 Å². The van der Waals surface area contributed by atoms with E-state index in [1.807, 2.05) is 0 Å².